The molecule has 3 aliphatic rings. The zero-order valence-corrected chi connectivity index (χ0v) is 18.8. The molecule has 0 unspecified atom stereocenters. The van der Waals surface area contributed by atoms with Crippen LogP contribution in [0.5, 0.6) is 0 Å². The molecule has 1 N–H and O–H groups in total. The molecule has 2 bridgehead atoms. The first-order valence-corrected chi connectivity index (χ1v) is 11.2. The number of amides is 2. The van der Waals surface area contributed by atoms with Crippen molar-refractivity contribution in [3.8, 4) is 11.3 Å². The van der Waals surface area contributed by atoms with Gasteiger partial charge in [-0.15, -0.1) is 0 Å². The standard InChI is InChI=1S/C24H25F2N5O2/c1-4-31(22(33)18-11-19(32)29-28-18)12-24-9-8-14(23(24,2)3)13-10-17(27-30-21(13)24)20-15(25)6-5-7-16(20)26/h5-7,10,14H,4,8-9,11-12H2,1-3H3,(H,29,32)/t14-,24-/m0/s1. The molecule has 1 aromatic heterocycles. The third-order valence-electron chi connectivity index (χ3n) is 7.86. The predicted molar refractivity (Wildman–Crippen MR) is 117 cm³/mol. The molecule has 172 valence electrons. The van der Waals surface area contributed by atoms with Crippen LogP contribution in [0.1, 0.15) is 57.2 Å². The van der Waals surface area contributed by atoms with Gasteiger partial charge in [0.2, 0.25) is 5.91 Å². The van der Waals surface area contributed by atoms with E-state index in [0.717, 1.165) is 24.1 Å². The molecule has 1 aliphatic heterocycles. The molecule has 0 saturated heterocycles. The fourth-order valence-corrected chi connectivity index (χ4v) is 5.96. The van der Waals surface area contributed by atoms with Gasteiger partial charge in [-0.25, -0.2) is 14.2 Å². The maximum atomic E-state index is 14.4. The molecule has 2 heterocycles. The summed E-state index contributed by atoms with van der Waals surface area (Å²) in [5.74, 6) is -1.78. The number of rotatable bonds is 5. The average molecular weight is 453 g/mol. The average Bonchev–Trinajstić information content (AvgIpc) is 3.37. The van der Waals surface area contributed by atoms with Gasteiger partial charge in [0.1, 0.15) is 17.3 Å². The number of likely N-dealkylation sites (N-methyl/N-ethyl adjacent to an activating group) is 1. The Hall–Kier alpha value is -3.23. The van der Waals surface area contributed by atoms with E-state index in [1.807, 2.05) is 6.92 Å². The molecule has 2 amide bonds. The van der Waals surface area contributed by atoms with Gasteiger partial charge in [-0.1, -0.05) is 19.9 Å². The van der Waals surface area contributed by atoms with Gasteiger partial charge >= 0.3 is 0 Å². The molecular weight excluding hydrogens is 428 g/mol. The van der Waals surface area contributed by atoms with Gasteiger partial charge in [0.15, 0.2) is 0 Å². The highest BCUT2D eigenvalue weighted by Gasteiger charge is 2.64. The van der Waals surface area contributed by atoms with Gasteiger partial charge in [0.25, 0.3) is 5.91 Å². The highest BCUT2D eigenvalue weighted by molar-refractivity contribution is 6.43. The lowest BCUT2D eigenvalue weighted by Gasteiger charge is -2.41. The molecular formula is C24H25F2N5O2. The van der Waals surface area contributed by atoms with Crippen molar-refractivity contribution in [1.29, 1.82) is 0 Å². The highest BCUT2D eigenvalue weighted by Crippen LogP contribution is 2.67. The number of aromatic nitrogens is 2. The van der Waals surface area contributed by atoms with Gasteiger partial charge < -0.3 is 4.90 Å². The van der Waals surface area contributed by atoms with E-state index in [2.05, 4.69) is 34.6 Å². The highest BCUT2D eigenvalue weighted by atomic mass is 19.1. The van der Waals surface area contributed by atoms with Gasteiger partial charge in [-0.3, -0.25) is 9.59 Å². The molecule has 0 spiro atoms. The number of hydrogen-bond acceptors (Lipinski definition) is 5. The van der Waals surface area contributed by atoms with Crippen molar-refractivity contribution < 1.29 is 18.4 Å². The number of halogens is 2. The van der Waals surface area contributed by atoms with Gasteiger partial charge in [0, 0.05) is 18.5 Å². The van der Waals surface area contributed by atoms with Crippen molar-refractivity contribution in [2.45, 2.75) is 51.4 Å². The fourth-order valence-electron chi connectivity index (χ4n) is 5.96. The van der Waals surface area contributed by atoms with E-state index in [1.165, 1.54) is 18.2 Å². The molecule has 1 saturated carbocycles. The van der Waals surface area contributed by atoms with Gasteiger partial charge in [0.05, 0.1) is 23.4 Å². The van der Waals surface area contributed by atoms with Gasteiger partial charge in [-0.05, 0) is 54.9 Å². The van der Waals surface area contributed by atoms with Crippen molar-refractivity contribution in [3.63, 3.8) is 0 Å². The fraction of sp³-hybridized carbons (Fsp3) is 0.458. The van der Waals surface area contributed by atoms with Crippen LogP contribution in [0.3, 0.4) is 0 Å². The molecule has 2 aliphatic carbocycles. The van der Waals surface area contributed by atoms with Crippen molar-refractivity contribution in [2.75, 3.05) is 13.1 Å². The first kappa shape index (κ1) is 21.6. The normalized spacial score (nSPS) is 24.5. The quantitative estimate of drug-likeness (QED) is 0.753. The van der Waals surface area contributed by atoms with E-state index in [-0.39, 0.29) is 46.5 Å². The lowest BCUT2D eigenvalue weighted by molar-refractivity contribution is -0.126. The zero-order chi connectivity index (χ0) is 23.5. The monoisotopic (exact) mass is 453 g/mol. The smallest absolute Gasteiger partial charge is 0.270 e. The number of carbonyl (C=O) groups is 2. The predicted octanol–water partition coefficient (Wildman–Crippen LogP) is 3.30. The Labute approximate surface area is 190 Å². The summed E-state index contributed by atoms with van der Waals surface area (Å²) in [5, 5.41) is 12.6. The number of fused-ring (bicyclic) bond motifs is 5. The number of hydrogen-bond donors (Lipinski definition) is 1. The Morgan fingerprint density at radius 1 is 1.24 bits per heavy atom. The van der Waals surface area contributed by atoms with E-state index >= 15 is 0 Å². The zero-order valence-electron chi connectivity index (χ0n) is 18.8. The lowest BCUT2D eigenvalue weighted by Crippen LogP contribution is -2.49. The maximum Gasteiger partial charge on any atom is 0.270 e. The van der Waals surface area contributed by atoms with Crippen molar-refractivity contribution in [2.24, 2.45) is 10.5 Å². The summed E-state index contributed by atoms with van der Waals surface area (Å²) in [4.78, 5) is 26.3. The summed E-state index contributed by atoms with van der Waals surface area (Å²) < 4.78 is 28.8. The third-order valence-corrected chi connectivity index (χ3v) is 7.86. The topological polar surface area (TPSA) is 87.6 Å². The Morgan fingerprint density at radius 3 is 2.61 bits per heavy atom. The van der Waals surface area contributed by atoms with Crippen LogP contribution in [0.15, 0.2) is 29.4 Å². The molecule has 1 aromatic carbocycles. The minimum absolute atomic E-state index is 0.0255. The largest absolute Gasteiger partial charge is 0.337 e. The molecule has 9 heteroatoms. The van der Waals surface area contributed by atoms with Crippen molar-refractivity contribution in [3.05, 3.63) is 47.2 Å². The molecule has 2 atom stereocenters. The number of hydrazone groups is 1. The summed E-state index contributed by atoms with van der Waals surface area (Å²) in [5.41, 5.74) is 3.59. The van der Waals surface area contributed by atoms with Crippen LogP contribution in [0.25, 0.3) is 11.3 Å². The Kier molecular flexibility index (Phi) is 4.84. The van der Waals surface area contributed by atoms with Crippen LogP contribution >= 0.6 is 0 Å². The summed E-state index contributed by atoms with van der Waals surface area (Å²) in [6.07, 6.45) is 1.69. The van der Waals surface area contributed by atoms with Crippen molar-refractivity contribution >= 4 is 17.5 Å². The van der Waals surface area contributed by atoms with E-state index in [1.54, 1.807) is 11.0 Å². The first-order chi connectivity index (χ1) is 15.7. The number of nitrogens with one attached hydrogen (secondary N) is 1. The van der Waals surface area contributed by atoms with Crippen LogP contribution in [-0.2, 0) is 15.0 Å². The number of benzene rings is 1. The molecule has 5 rings (SSSR count). The molecule has 0 radical (unpaired) electrons. The lowest BCUT2D eigenvalue weighted by atomic mass is 9.68. The van der Waals surface area contributed by atoms with Crippen molar-refractivity contribution in [1.82, 2.24) is 20.5 Å². The maximum absolute atomic E-state index is 14.4. The molecule has 7 nitrogen and oxygen atoms in total. The number of carbonyl (C=O) groups excluding carboxylic acids is 2. The Balaban J connectivity index is 1.54. The summed E-state index contributed by atoms with van der Waals surface area (Å²) in [7, 11) is 0. The second-order valence-corrected chi connectivity index (χ2v) is 9.61. The van der Waals surface area contributed by atoms with Crippen LogP contribution in [-0.4, -0.2) is 45.7 Å². The first-order valence-electron chi connectivity index (χ1n) is 11.2. The minimum atomic E-state index is -0.676. The minimum Gasteiger partial charge on any atom is -0.337 e. The summed E-state index contributed by atoms with van der Waals surface area (Å²) in [6, 6.07) is 5.50. The number of nitrogens with zero attached hydrogens (tertiary/aromatic N) is 4. The second kappa shape index (κ2) is 7.40. The summed E-state index contributed by atoms with van der Waals surface area (Å²) >= 11 is 0. The van der Waals surface area contributed by atoms with Crippen LogP contribution in [0.4, 0.5) is 8.78 Å². The Bertz CT molecular complexity index is 1190. The molecule has 2 aromatic rings. The van der Waals surface area contributed by atoms with E-state index in [9.17, 15) is 18.4 Å². The molecule has 33 heavy (non-hydrogen) atoms. The van der Waals surface area contributed by atoms with Crippen LogP contribution < -0.4 is 5.43 Å². The SMILES string of the molecule is CCN(C[C@@]12CC[C@@H](c3cc(-c4c(F)cccc4F)nnc31)C2(C)C)C(=O)C1=NNC(=O)C1. The summed E-state index contributed by atoms with van der Waals surface area (Å²) in [6.45, 7) is 7.08. The van der Waals surface area contributed by atoms with E-state index < -0.39 is 17.0 Å². The molecule has 1 fully saturated rings. The third kappa shape index (κ3) is 3.01. The van der Waals surface area contributed by atoms with Crippen LogP contribution in [0, 0.1) is 17.0 Å². The van der Waals surface area contributed by atoms with E-state index in [4.69, 9.17) is 0 Å². The second-order valence-electron chi connectivity index (χ2n) is 9.61. The van der Waals surface area contributed by atoms with E-state index in [0.29, 0.717) is 13.1 Å². The van der Waals surface area contributed by atoms with Crippen LogP contribution in [0.2, 0.25) is 0 Å². The van der Waals surface area contributed by atoms with Gasteiger partial charge in [-0.2, -0.15) is 15.3 Å². The Morgan fingerprint density at radius 2 is 1.97 bits per heavy atom.